The third kappa shape index (κ3) is 4.94. The molecule has 0 spiro atoms. The van der Waals surface area contributed by atoms with E-state index in [1.54, 1.807) is 14.1 Å². The van der Waals surface area contributed by atoms with E-state index in [9.17, 15) is 9.90 Å². The summed E-state index contributed by atoms with van der Waals surface area (Å²) in [5, 5.41) is 9.90. The number of likely N-dealkylation sites (N-methyl/N-ethyl adjacent to an activating group) is 1. The highest BCUT2D eigenvalue weighted by Gasteiger charge is 2.49. The van der Waals surface area contributed by atoms with Crippen molar-refractivity contribution in [3.05, 3.63) is 0 Å². The van der Waals surface area contributed by atoms with E-state index in [1.807, 2.05) is 0 Å². The minimum atomic E-state index is -0.481. The summed E-state index contributed by atoms with van der Waals surface area (Å²) < 4.78 is 5.26. The molecule has 106 valence electrons. The summed E-state index contributed by atoms with van der Waals surface area (Å²) in [5.74, 6) is -0.0398. The lowest BCUT2D eigenvalue weighted by molar-refractivity contribution is -0.130. The average molecular weight is 257 g/mol. The molecule has 1 N–H and O–H groups in total. The monoisotopic (exact) mass is 257 g/mol. The summed E-state index contributed by atoms with van der Waals surface area (Å²) in [6, 6.07) is 0. The van der Waals surface area contributed by atoms with Gasteiger partial charge < -0.3 is 14.7 Å². The summed E-state index contributed by atoms with van der Waals surface area (Å²) in [5.41, 5.74) is 0. The first kappa shape index (κ1) is 15.4. The van der Waals surface area contributed by atoms with Gasteiger partial charge in [-0.1, -0.05) is 45.4 Å². The van der Waals surface area contributed by atoms with E-state index in [0.717, 1.165) is 19.3 Å². The van der Waals surface area contributed by atoms with Gasteiger partial charge in [0.25, 0.3) is 5.91 Å². The van der Waals surface area contributed by atoms with Crippen LogP contribution in [0.5, 0.6) is 0 Å². The van der Waals surface area contributed by atoms with Crippen LogP contribution in [-0.2, 0) is 9.53 Å². The first-order chi connectivity index (χ1) is 8.57. The van der Waals surface area contributed by atoms with Gasteiger partial charge in [-0.15, -0.1) is 0 Å². The third-order valence-corrected chi connectivity index (χ3v) is 3.44. The second kappa shape index (κ2) is 7.74. The van der Waals surface area contributed by atoms with Crippen LogP contribution in [0, 0.1) is 0 Å². The minimum absolute atomic E-state index is 0.0398. The van der Waals surface area contributed by atoms with Gasteiger partial charge in [0.1, 0.15) is 6.10 Å². The number of aliphatic hydroxyl groups is 1. The fourth-order valence-corrected chi connectivity index (χ4v) is 2.17. The zero-order chi connectivity index (χ0) is 13.5. The van der Waals surface area contributed by atoms with Crippen LogP contribution in [0.4, 0.5) is 0 Å². The number of carbonyl (C=O) groups excluding carboxylic acids is 1. The number of hydrogen-bond donors (Lipinski definition) is 1. The van der Waals surface area contributed by atoms with E-state index in [2.05, 4.69) is 6.92 Å². The van der Waals surface area contributed by atoms with Crippen LogP contribution in [0.25, 0.3) is 0 Å². The van der Waals surface area contributed by atoms with Crippen LogP contribution < -0.4 is 0 Å². The Morgan fingerprint density at radius 1 is 1.22 bits per heavy atom. The number of amides is 1. The van der Waals surface area contributed by atoms with Gasteiger partial charge in [0.2, 0.25) is 0 Å². The topological polar surface area (TPSA) is 53.1 Å². The van der Waals surface area contributed by atoms with Crippen LogP contribution in [-0.4, -0.2) is 48.3 Å². The number of aliphatic hydroxyl groups excluding tert-OH is 1. The molecule has 3 atom stereocenters. The van der Waals surface area contributed by atoms with E-state index in [-0.39, 0.29) is 12.0 Å². The van der Waals surface area contributed by atoms with Gasteiger partial charge in [-0.05, 0) is 6.42 Å². The molecular weight excluding hydrogens is 230 g/mol. The van der Waals surface area contributed by atoms with Gasteiger partial charge in [0.05, 0.1) is 6.10 Å². The van der Waals surface area contributed by atoms with Crippen LogP contribution >= 0.6 is 0 Å². The summed E-state index contributed by atoms with van der Waals surface area (Å²) in [4.78, 5) is 13.1. The third-order valence-electron chi connectivity index (χ3n) is 3.44. The van der Waals surface area contributed by atoms with Gasteiger partial charge in [0, 0.05) is 14.1 Å². The van der Waals surface area contributed by atoms with Crippen molar-refractivity contribution in [1.82, 2.24) is 4.90 Å². The number of hydrogen-bond acceptors (Lipinski definition) is 3. The molecule has 0 aromatic heterocycles. The Balaban J connectivity index is 2.05. The maximum Gasteiger partial charge on any atom is 0.254 e. The van der Waals surface area contributed by atoms with E-state index < -0.39 is 12.2 Å². The Bertz CT molecular complexity index is 255. The zero-order valence-electron chi connectivity index (χ0n) is 11.9. The Morgan fingerprint density at radius 2 is 1.83 bits per heavy atom. The molecule has 0 aromatic carbocycles. The highest BCUT2D eigenvalue weighted by molar-refractivity contribution is 5.83. The molecule has 0 bridgehead atoms. The Hall–Kier alpha value is -0.610. The van der Waals surface area contributed by atoms with Crippen molar-refractivity contribution in [3.63, 3.8) is 0 Å². The first-order valence-electron chi connectivity index (χ1n) is 7.12. The van der Waals surface area contributed by atoms with Crippen molar-refractivity contribution < 1.29 is 14.6 Å². The van der Waals surface area contributed by atoms with Crippen LogP contribution in [0.2, 0.25) is 0 Å². The zero-order valence-corrected chi connectivity index (χ0v) is 11.9. The molecule has 4 nitrogen and oxygen atoms in total. The molecule has 0 aliphatic carbocycles. The van der Waals surface area contributed by atoms with Gasteiger partial charge in [0.15, 0.2) is 6.10 Å². The van der Waals surface area contributed by atoms with Crippen LogP contribution in [0.3, 0.4) is 0 Å². The molecule has 1 heterocycles. The Kier molecular flexibility index (Phi) is 6.65. The Morgan fingerprint density at radius 3 is 2.44 bits per heavy atom. The maximum atomic E-state index is 11.6. The smallest absolute Gasteiger partial charge is 0.254 e. The first-order valence-corrected chi connectivity index (χ1v) is 7.12. The molecule has 1 aliphatic heterocycles. The molecule has 1 saturated heterocycles. The summed E-state index contributed by atoms with van der Waals surface area (Å²) in [6.45, 7) is 2.20. The fraction of sp³-hybridized carbons (Fsp3) is 0.929. The van der Waals surface area contributed by atoms with Crippen LogP contribution in [0.15, 0.2) is 0 Å². The van der Waals surface area contributed by atoms with Crippen molar-refractivity contribution >= 4 is 5.91 Å². The van der Waals surface area contributed by atoms with E-state index >= 15 is 0 Å². The highest BCUT2D eigenvalue weighted by Crippen LogP contribution is 2.29. The van der Waals surface area contributed by atoms with Gasteiger partial charge in [-0.2, -0.15) is 0 Å². The van der Waals surface area contributed by atoms with Gasteiger partial charge >= 0.3 is 0 Å². The molecule has 4 heteroatoms. The van der Waals surface area contributed by atoms with Crippen molar-refractivity contribution in [3.8, 4) is 0 Å². The predicted molar refractivity (Wildman–Crippen MR) is 71.4 cm³/mol. The van der Waals surface area contributed by atoms with E-state index in [0.29, 0.717) is 0 Å². The molecule has 1 rings (SSSR count). The normalized spacial score (nSPS) is 23.8. The molecule has 0 aromatic rings. The summed E-state index contributed by atoms with van der Waals surface area (Å²) in [6.07, 6.45) is 6.86. The number of nitrogens with zero attached hydrogens (tertiary/aromatic N) is 1. The fourth-order valence-electron chi connectivity index (χ4n) is 2.17. The number of ether oxygens (including phenoxy) is 1. The number of carbonyl (C=O) groups is 1. The summed E-state index contributed by atoms with van der Waals surface area (Å²) >= 11 is 0. The molecule has 0 radical (unpaired) electrons. The lowest BCUT2D eigenvalue weighted by Gasteiger charge is -2.09. The van der Waals surface area contributed by atoms with Crippen molar-refractivity contribution in [2.45, 2.75) is 70.2 Å². The lowest BCUT2D eigenvalue weighted by atomic mass is 10.0. The summed E-state index contributed by atoms with van der Waals surface area (Å²) in [7, 11) is 3.42. The number of rotatable bonds is 9. The highest BCUT2D eigenvalue weighted by atomic mass is 16.6. The molecule has 18 heavy (non-hydrogen) atoms. The molecule has 1 fully saturated rings. The molecule has 3 unspecified atom stereocenters. The number of unbranched alkanes of at least 4 members (excludes halogenated alkanes) is 5. The number of epoxide rings is 1. The van der Waals surface area contributed by atoms with Gasteiger partial charge in [-0.25, -0.2) is 0 Å². The molecular formula is C14H27NO3. The van der Waals surface area contributed by atoms with Crippen molar-refractivity contribution in [1.29, 1.82) is 0 Å². The van der Waals surface area contributed by atoms with E-state index in [4.69, 9.17) is 4.74 Å². The quantitative estimate of drug-likeness (QED) is 0.507. The SMILES string of the molecule is CCCCCCCCC(O)C1OC1C(=O)N(C)C. The predicted octanol–water partition coefficient (Wildman–Crippen LogP) is 1.95. The van der Waals surface area contributed by atoms with Crippen molar-refractivity contribution in [2.24, 2.45) is 0 Å². The van der Waals surface area contributed by atoms with Gasteiger partial charge in [-0.3, -0.25) is 4.79 Å². The molecule has 0 saturated carbocycles. The van der Waals surface area contributed by atoms with Crippen LogP contribution in [0.1, 0.15) is 51.9 Å². The lowest BCUT2D eigenvalue weighted by Crippen LogP contribution is -2.30. The largest absolute Gasteiger partial charge is 0.390 e. The minimum Gasteiger partial charge on any atom is -0.390 e. The molecule has 1 amide bonds. The Labute approximate surface area is 110 Å². The standard InChI is InChI=1S/C14H27NO3/c1-4-5-6-7-8-9-10-11(16)12-13(18-12)14(17)15(2)3/h11-13,16H,4-10H2,1-3H3. The molecule has 1 aliphatic rings. The van der Waals surface area contributed by atoms with Crippen molar-refractivity contribution in [2.75, 3.05) is 14.1 Å². The average Bonchev–Trinajstić information content (AvgIpc) is 3.12. The maximum absolute atomic E-state index is 11.6. The second-order valence-corrected chi connectivity index (χ2v) is 5.38. The second-order valence-electron chi connectivity index (χ2n) is 5.38. The van der Waals surface area contributed by atoms with E-state index in [1.165, 1.54) is 30.6 Å².